The SMILES string of the molecule is Cc1cc(=O)c2c(O)cc(OC(=O)c3ccco3)c(C3CCN(C)CC3O)c2o1. The maximum absolute atomic E-state index is 12.5. The number of aliphatic hydroxyl groups is 1. The molecule has 8 nitrogen and oxygen atoms in total. The zero-order valence-electron chi connectivity index (χ0n) is 16.0. The summed E-state index contributed by atoms with van der Waals surface area (Å²) in [5, 5.41) is 21.2. The normalized spacial score (nSPS) is 20.1. The van der Waals surface area contributed by atoms with Crippen molar-refractivity contribution in [2.24, 2.45) is 0 Å². The number of aromatic hydroxyl groups is 1. The van der Waals surface area contributed by atoms with Crippen LogP contribution < -0.4 is 10.2 Å². The minimum absolute atomic E-state index is 0.00507. The molecule has 29 heavy (non-hydrogen) atoms. The second-order valence-corrected chi connectivity index (χ2v) is 7.32. The number of piperidine rings is 1. The molecule has 2 N–H and O–H groups in total. The lowest BCUT2D eigenvalue weighted by molar-refractivity contribution is 0.0599. The van der Waals surface area contributed by atoms with Gasteiger partial charge in [-0.05, 0) is 39.1 Å². The number of carbonyl (C=O) groups is 1. The van der Waals surface area contributed by atoms with E-state index in [1.807, 2.05) is 11.9 Å². The first-order valence-corrected chi connectivity index (χ1v) is 9.27. The van der Waals surface area contributed by atoms with E-state index in [1.165, 1.54) is 24.5 Å². The first kappa shape index (κ1) is 19.2. The van der Waals surface area contributed by atoms with Gasteiger partial charge in [0.1, 0.15) is 28.2 Å². The number of carbonyl (C=O) groups excluding carboxylic acids is 1. The van der Waals surface area contributed by atoms with E-state index in [1.54, 1.807) is 13.0 Å². The first-order valence-electron chi connectivity index (χ1n) is 9.27. The van der Waals surface area contributed by atoms with E-state index >= 15 is 0 Å². The number of rotatable bonds is 3. The fraction of sp³-hybridized carbons (Fsp3) is 0.333. The smallest absolute Gasteiger partial charge is 0.379 e. The molecule has 1 saturated heterocycles. The Morgan fingerprint density at radius 1 is 1.34 bits per heavy atom. The van der Waals surface area contributed by atoms with Crippen molar-refractivity contribution in [1.82, 2.24) is 4.90 Å². The fourth-order valence-corrected chi connectivity index (χ4v) is 3.84. The maximum atomic E-state index is 12.5. The third-order valence-electron chi connectivity index (χ3n) is 5.19. The zero-order valence-corrected chi connectivity index (χ0v) is 16.0. The molecule has 0 amide bonds. The number of phenols is 1. The molecule has 1 fully saturated rings. The molecule has 0 spiro atoms. The number of aliphatic hydroxyl groups excluding tert-OH is 1. The van der Waals surface area contributed by atoms with Crippen LogP contribution in [-0.4, -0.2) is 47.3 Å². The fourth-order valence-electron chi connectivity index (χ4n) is 3.84. The number of phenolic OH excluding ortho intramolecular Hbond substituents is 1. The molecule has 0 saturated carbocycles. The minimum Gasteiger partial charge on any atom is -0.507 e. The number of hydrogen-bond donors (Lipinski definition) is 2. The summed E-state index contributed by atoms with van der Waals surface area (Å²) in [5.74, 6) is -1.20. The van der Waals surface area contributed by atoms with E-state index < -0.39 is 23.4 Å². The molecule has 1 aromatic carbocycles. The summed E-state index contributed by atoms with van der Waals surface area (Å²) in [6.45, 7) is 2.73. The van der Waals surface area contributed by atoms with Crippen molar-refractivity contribution < 1.29 is 28.6 Å². The lowest BCUT2D eigenvalue weighted by atomic mass is 9.85. The second kappa shape index (κ2) is 7.38. The number of β-amino-alcohol motifs (C(OH)–C–C–N with tert-alkyl or cyclic N) is 1. The number of esters is 1. The monoisotopic (exact) mass is 399 g/mol. The van der Waals surface area contributed by atoms with Gasteiger partial charge < -0.3 is 28.7 Å². The third-order valence-corrected chi connectivity index (χ3v) is 5.19. The molecule has 2 unspecified atom stereocenters. The van der Waals surface area contributed by atoms with Crippen molar-refractivity contribution in [1.29, 1.82) is 0 Å². The number of likely N-dealkylation sites (tertiary alicyclic amines) is 1. The number of benzene rings is 1. The second-order valence-electron chi connectivity index (χ2n) is 7.32. The van der Waals surface area contributed by atoms with Gasteiger partial charge in [-0.1, -0.05) is 0 Å². The van der Waals surface area contributed by atoms with Crippen LogP contribution in [0.1, 0.15) is 34.2 Å². The van der Waals surface area contributed by atoms with Gasteiger partial charge >= 0.3 is 5.97 Å². The predicted molar refractivity (Wildman–Crippen MR) is 103 cm³/mol. The predicted octanol–water partition coefficient (Wildman–Crippen LogP) is 2.40. The van der Waals surface area contributed by atoms with Gasteiger partial charge in [0.25, 0.3) is 0 Å². The highest BCUT2D eigenvalue weighted by Gasteiger charge is 2.34. The molecule has 3 heterocycles. The average Bonchev–Trinajstić information content (AvgIpc) is 3.17. The van der Waals surface area contributed by atoms with E-state index in [4.69, 9.17) is 13.6 Å². The Bertz CT molecular complexity index is 1120. The Morgan fingerprint density at radius 3 is 2.83 bits per heavy atom. The molecule has 1 aliphatic heterocycles. The molecule has 0 aliphatic carbocycles. The Kier molecular flexibility index (Phi) is 4.89. The van der Waals surface area contributed by atoms with E-state index in [0.29, 0.717) is 30.8 Å². The standard InChI is InChI=1S/C21H21NO7/c1-11-8-13(23)19-14(24)9-17(29-21(26)16-4-3-7-27-16)18(20(19)28-11)12-5-6-22(2)10-15(12)25/h3-4,7-9,12,15,24-25H,5-6,10H2,1-2H3. The molecular weight excluding hydrogens is 378 g/mol. The van der Waals surface area contributed by atoms with E-state index in [2.05, 4.69) is 0 Å². The van der Waals surface area contributed by atoms with E-state index in [-0.39, 0.29) is 28.2 Å². The van der Waals surface area contributed by atoms with Gasteiger partial charge in [0.05, 0.1) is 12.4 Å². The highest BCUT2D eigenvalue weighted by molar-refractivity contribution is 5.92. The van der Waals surface area contributed by atoms with Crippen LogP contribution in [0.15, 0.2) is 44.2 Å². The van der Waals surface area contributed by atoms with Gasteiger partial charge in [-0.25, -0.2) is 4.79 Å². The summed E-state index contributed by atoms with van der Waals surface area (Å²) >= 11 is 0. The van der Waals surface area contributed by atoms with Crippen LogP contribution in [0.3, 0.4) is 0 Å². The Balaban J connectivity index is 1.92. The summed E-state index contributed by atoms with van der Waals surface area (Å²) in [4.78, 5) is 26.9. The molecule has 0 radical (unpaired) electrons. The van der Waals surface area contributed by atoms with Gasteiger partial charge in [0.15, 0.2) is 5.43 Å². The number of ether oxygens (including phenoxy) is 1. The summed E-state index contributed by atoms with van der Waals surface area (Å²) < 4.78 is 16.4. The number of fused-ring (bicyclic) bond motifs is 1. The van der Waals surface area contributed by atoms with Gasteiger partial charge in [-0.3, -0.25) is 4.79 Å². The number of likely N-dealkylation sites (N-methyl/N-ethyl adjacent to an activating group) is 1. The highest BCUT2D eigenvalue weighted by Crippen LogP contribution is 2.42. The van der Waals surface area contributed by atoms with Gasteiger partial charge in [-0.15, -0.1) is 0 Å². The van der Waals surface area contributed by atoms with Crippen molar-refractivity contribution in [3.8, 4) is 11.5 Å². The van der Waals surface area contributed by atoms with Crippen LogP contribution in [0.4, 0.5) is 0 Å². The lowest BCUT2D eigenvalue weighted by Gasteiger charge is -2.34. The minimum atomic E-state index is -0.770. The molecule has 2 aromatic heterocycles. The van der Waals surface area contributed by atoms with Gasteiger partial charge in [0.2, 0.25) is 5.76 Å². The summed E-state index contributed by atoms with van der Waals surface area (Å²) in [7, 11) is 1.90. The van der Waals surface area contributed by atoms with Crippen LogP contribution in [0.5, 0.6) is 11.5 Å². The highest BCUT2D eigenvalue weighted by atomic mass is 16.5. The molecule has 4 rings (SSSR count). The largest absolute Gasteiger partial charge is 0.507 e. The van der Waals surface area contributed by atoms with Gasteiger partial charge in [0, 0.05) is 30.2 Å². The van der Waals surface area contributed by atoms with Crippen molar-refractivity contribution in [2.45, 2.75) is 25.4 Å². The molecule has 3 aromatic rings. The van der Waals surface area contributed by atoms with Crippen molar-refractivity contribution in [3.63, 3.8) is 0 Å². The first-order chi connectivity index (χ1) is 13.8. The lowest BCUT2D eigenvalue weighted by Crippen LogP contribution is -2.40. The van der Waals surface area contributed by atoms with Gasteiger partial charge in [-0.2, -0.15) is 0 Å². The topological polar surface area (TPSA) is 113 Å². The third kappa shape index (κ3) is 3.52. The molecule has 0 bridgehead atoms. The van der Waals surface area contributed by atoms with Crippen LogP contribution in [0.2, 0.25) is 0 Å². The quantitative estimate of drug-likeness (QED) is 0.510. The van der Waals surface area contributed by atoms with Crippen LogP contribution >= 0.6 is 0 Å². The summed E-state index contributed by atoms with van der Waals surface area (Å²) in [6, 6.07) is 5.51. The van der Waals surface area contributed by atoms with Crippen molar-refractivity contribution in [2.75, 3.05) is 20.1 Å². The zero-order chi connectivity index (χ0) is 20.7. The molecule has 2 atom stereocenters. The molecule has 8 heteroatoms. The molecule has 1 aliphatic rings. The number of hydrogen-bond acceptors (Lipinski definition) is 8. The molecular formula is C21H21NO7. The van der Waals surface area contributed by atoms with E-state index in [0.717, 1.165) is 0 Å². The van der Waals surface area contributed by atoms with Crippen LogP contribution in [0.25, 0.3) is 11.0 Å². The Hall–Kier alpha value is -3.10. The average molecular weight is 399 g/mol. The van der Waals surface area contributed by atoms with Crippen LogP contribution in [0, 0.1) is 6.92 Å². The van der Waals surface area contributed by atoms with Crippen LogP contribution in [-0.2, 0) is 0 Å². The molecule has 152 valence electrons. The maximum Gasteiger partial charge on any atom is 0.379 e. The summed E-state index contributed by atoms with van der Waals surface area (Å²) in [6.07, 6.45) is 1.13. The Morgan fingerprint density at radius 2 is 2.14 bits per heavy atom. The Labute approximate surface area is 165 Å². The van der Waals surface area contributed by atoms with Crippen molar-refractivity contribution >= 4 is 16.9 Å². The van der Waals surface area contributed by atoms with E-state index in [9.17, 15) is 19.8 Å². The number of nitrogens with zero attached hydrogens (tertiary/aromatic N) is 1. The number of aryl methyl sites for hydroxylation is 1. The van der Waals surface area contributed by atoms with Crippen molar-refractivity contribution in [3.05, 3.63) is 57.8 Å². The summed E-state index contributed by atoms with van der Waals surface area (Å²) in [5.41, 5.74) is 0.0961. The number of furan rings is 1.